The molecular formula is C19H18N2O3. The van der Waals surface area contributed by atoms with Crippen LogP contribution in [0.3, 0.4) is 0 Å². The smallest absolute Gasteiger partial charge is 0.265 e. The predicted octanol–water partition coefficient (Wildman–Crippen LogP) is 2.52. The summed E-state index contributed by atoms with van der Waals surface area (Å²) in [6.07, 6.45) is 2.11. The number of carbonyl (C=O) groups excluding carboxylic acids is 2. The van der Waals surface area contributed by atoms with E-state index in [4.69, 9.17) is 4.74 Å². The molecule has 2 aromatic carbocycles. The number of benzene rings is 2. The lowest BCUT2D eigenvalue weighted by atomic mass is 10.1. The van der Waals surface area contributed by atoms with E-state index in [1.165, 1.54) is 0 Å². The zero-order valence-electron chi connectivity index (χ0n) is 13.1. The van der Waals surface area contributed by atoms with Gasteiger partial charge in [-0.15, -0.1) is 0 Å². The topological polar surface area (TPSA) is 67.4 Å². The third-order valence-electron chi connectivity index (χ3n) is 4.24. The monoisotopic (exact) mass is 322 g/mol. The first-order chi connectivity index (χ1) is 11.7. The van der Waals surface area contributed by atoms with E-state index in [9.17, 15) is 9.59 Å². The fourth-order valence-corrected chi connectivity index (χ4v) is 2.79. The second kappa shape index (κ2) is 6.00. The quantitative estimate of drug-likeness (QED) is 0.909. The van der Waals surface area contributed by atoms with Crippen molar-refractivity contribution >= 4 is 17.5 Å². The molecule has 4 rings (SSSR count). The van der Waals surface area contributed by atoms with Gasteiger partial charge in [-0.25, -0.2) is 0 Å². The van der Waals surface area contributed by atoms with E-state index >= 15 is 0 Å². The Labute approximate surface area is 140 Å². The minimum atomic E-state index is -0.536. The highest BCUT2D eigenvalue weighted by Crippen LogP contribution is 2.28. The minimum Gasteiger partial charge on any atom is -0.480 e. The second-order valence-corrected chi connectivity index (χ2v) is 6.24. The predicted molar refractivity (Wildman–Crippen MR) is 90.1 cm³/mol. The van der Waals surface area contributed by atoms with Gasteiger partial charge in [0.25, 0.3) is 11.8 Å². The molecule has 1 aliphatic carbocycles. The highest BCUT2D eigenvalue weighted by atomic mass is 16.5. The summed E-state index contributed by atoms with van der Waals surface area (Å²) in [6.45, 7) is 0. The van der Waals surface area contributed by atoms with Crippen LogP contribution in [0, 0.1) is 0 Å². The Hall–Kier alpha value is -2.82. The van der Waals surface area contributed by atoms with E-state index in [1.54, 1.807) is 24.3 Å². The van der Waals surface area contributed by atoms with Gasteiger partial charge in [0, 0.05) is 23.7 Å². The molecule has 1 heterocycles. The van der Waals surface area contributed by atoms with Crippen LogP contribution < -0.4 is 15.4 Å². The van der Waals surface area contributed by atoms with Gasteiger partial charge in [-0.05, 0) is 42.7 Å². The largest absolute Gasteiger partial charge is 0.480 e. The van der Waals surface area contributed by atoms with Crippen molar-refractivity contribution in [2.75, 3.05) is 5.32 Å². The van der Waals surface area contributed by atoms with Crippen LogP contribution in [0.5, 0.6) is 5.75 Å². The van der Waals surface area contributed by atoms with Crippen LogP contribution in [0.25, 0.3) is 0 Å². The van der Waals surface area contributed by atoms with Gasteiger partial charge in [0.15, 0.2) is 6.10 Å². The van der Waals surface area contributed by atoms with Crippen LogP contribution in [0.2, 0.25) is 0 Å². The van der Waals surface area contributed by atoms with Crippen molar-refractivity contribution in [3.8, 4) is 5.75 Å². The van der Waals surface area contributed by atoms with E-state index < -0.39 is 6.10 Å². The molecule has 0 aromatic heterocycles. The van der Waals surface area contributed by atoms with Crippen molar-refractivity contribution in [1.82, 2.24) is 5.32 Å². The van der Waals surface area contributed by atoms with Gasteiger partial charge in [0.05, 0.1) is 0 Å². The van der Waals surface area contributed by atoms with Crippen LogP contribution in [-0.4, -0.2) is 24.0 Å². The first-order valence-electron chi connectivity index (χ1n) is 8.15. The molecule has 0 bridgehead atoms. The molecule has 0 saturated heterocycles. The highest BCUT2D eigenvalue weighted by Gasteiger charge is 2.29. The molecule has 0 spiro atoms. The molecule has 0 radical (unpaired) electrons. The number of fused-ring (bicyclic) bond motifs is 1. The number of hydrogen-bond acceptors (Lipinski definition) is 3. The summed E-state index contributed by atoms with van der Waals surface area (Å²) >= 11 is 0. The maximum absolute atomic E-state index is 12.4. The summed E-state index contributed by atoms with van der Waals surface area (Å²) < 4.78 is 5.69. The molecule has 1 aliphatic heterocycles. The maximum Gasteiger partial charge on any atom is 0.265 e. The fraction of sp³-hybridized carbons (Fsp3) is 0.263. The third kappa shape index (κ3) is 3.11. The van der Waals surface area contributed by atoms with Crippen LogP contribution in [0.15, 0.2) is 48.5 Å². The number of rotatable bonds is 4. The summed E-state index contributed by atoms with van der Waals surface area (Å²) in [5, 5.41) is 5.78. The number of amides is 2. The van der Waals surface area contributed by atoms with Crippen molar-refractivity contribution < 1.29 is 14.3 Å². The molecule has 1 saturated carbocycles. The van der Waals surface area contributed by atoms with Crippen LogP contribution >= 0.6 is 0 Å². The van der Waals surface area contributed by atoms with E-state index in [0.717, 1.165) is 24.2 Å². The number of ether oxygens (including phenoxy) is 1. The van der Waals surface area contributed by atoms with Crippen molar-refractivity contribution in [2.45, 2.75) is 31.4 Å². The Bertz CT molecular complexity index is 774. The van der Waals surface area contributed by atoms with Gasteiger partial charge in [-0.2, -0.15) is 0 Å². The van der Waals surface area contributed by atoms with Gasteiger partial charge in [0.2, 0.25) is 0 Å². The molecule has 2 aromatic rings. The molecular weight excluding hydrogens is 304 g/mol. The van der Waals surface area contributed by atoms with E-state index in [2.05, 4.69) is 10.6 Å². The Kier molecular flexibility index (Phi) is 3.69. The summed E-state index contributed by atoms with van der Waals surface area (Å²) in [5.74, 6) is 0.458. The molecule has 24 heavy (non-hydrogen) atoms. The van der Waals surface area contributed by atoms with Gasteiger partial charge >= 0.3 is 0 Å². The van der Waals surface area contributed by atoms with Gasteiger partial charge in [-0.3, -0.25) is 9.59 Å². The number of carbonyl (C=O) groups is 2. The first-order valence-corrected chi connectivity index (χ1v) is 8.15. The molecule has 2 aliphatic rings. The number of nitrogens with one attached hydrogen (secondary N) is 2. The Morgan fingerprint density at radius 2 is 1.88 bits per heavy atom. The molecule has 1 atom stereocenters. The van der Waals surface area contributed by atoms with Gasteiger partial charge in [0.1, 0.15) is 5.75 Å². The third-order valence-corrected chi connectivity index (χ3v) is 4.24. The van der Waals surface area contributed by atoms with E-state index in [0.29, 0.717) is 23.7 Å². The van der Waals surface area contributed by atoms with Crippen LogP contribution in [0.4, 0.5) is 5.69 Å². The number of para-hydroxylation sites is 1. The van der Waals surface area contributed by atoms with Gasteiger partial charge in [-0.1, -0.05) is 24.3 Å². The molecule has 1 unspecified atom stereocenters. The van der Waals surface area contributed by atoms with Crippen LogP contribution in [-0.2, 0) is 11.2 Å². The van der Waals surface area contributed by atoms with Crippen molar-refractivity contribution in [1.29, 1.82) is 0 Å². The molecule has 2 N–H and O–H groups in total. The summed E-state index contributed by atoms with van der Waals surface area (Å²) in [6, 6.07) is 14.9. The number of hydrogen-bond donors (Lipinski definition) is 2. The average molecular weight is 322 g/mol. The van der Waals surface area contributed by atoms with Gasteiger partial charge < -0.3 is 15.4 Å². The number of anilines is 1. The van der Waals surface area contributed by atoms with Crippen LogP contribution in [0.1, 0.15) is 28.8 Å². The molecule has 1 fully saturated rings. The zero-order chi connectivity index (χ0) is 16.5. The standard InChI is InChI=1S/C19H18N2O3/c22-18(20-14-8-9-14)13-5-3-6-15(10-13)21-19(23)17-11-12-4-1-2-7-16(12)24-17/h1-7,10,14,17H,8-9,11H2,(H,20,22)(H,21,23). The second-order valence-electron chi connectivity index (χ2n) is 6.24. The van der Waals surface area contributed by atoms with Crippen molar-refractivity contribution in [2.24, 2.45) is 0 Å². The van der Waals surface area contributed by atoms with E-state index in [1.807, 2.05) is 24.3 Å². The Morgan fingerprint density at radius 1 is 1.04 bits per heavy atom. The minimum absolute atomic E-state index is 0.0990. The van der Waals surface area contributed by atoms with E-state index in [-0.39, 0.29) is 11.8 Å². The zero-order valence-corrected chi connectivity index (χ0v) is 13.1. The molecule has 5 nitrogen and oxygen atoms in total. The summed E-state index contributed by atoms with van der Waals surface area (Å²) in [5.41, 5.74) is 2.19. The Balaban J connectivity index is 1.42. The normalized spacial score (nSPS) is 18.4. The fourth-order valence-electron chi connectivity index (χ4n) is 2.79. The molecule has 5 heteroatoms. The van der Waals surface area contributed by atoms with Crippen molar-refractivity contribution in [3.63, 3.8) is 0 Å². The maximum atomic E-state index is 12.4. The van der Waals surface area contributed by atoms with Crippen molar-refractivity contribution in [3.05, 3.63) is 59.7 Å². The lowest BCUT2D eigenvalue weighted by Gasteiger charge is -2.12. The average Bonchev–Trinajstić information content (AvgIpc) is 3.29. The Morgan fingerprint density at radius 3 is 2.67 bits per heavy atom. The molecule has 2 amide bonds. The summed E-state index contributed by atoms with van der Waals surface area (Å²) in [4.78, 5) is 24.5. The lowest BCUT2D eigenvalue weighted by Crippen LogP contribution is -2.31. The summed E-state index contributed by atoms with van der Waals surface area (Å²) in [7, 11) is 0. The first kappa shape index (κ1) is 14.8. The highest BCUT2D eigenvalue weighted by molar-refractivity contribution is 5.98. The lowest BCUT2D eigenvalue weighted by molar-refractivity contribution is -0.122. The SMILES string of the molecule is O=C(NC1CC1)c1cccc(NC(=O)C2Cc3ccccc3O2)c1. The molecule has 122 valence electrons.